The Morgan fingerprint density at radius 2 is 1.97 bits per heavy atom. The molecule has 3 heterocycles. The van der Waals surface area contributed by atoms with Gasteiger partial charge in [0.1, 0.15) is 5.75 Å². The highest BCUT2D eigenvalue weighted by atomic mass is 35.5. The minimum atomic E-state index is -0.254. The number of aromatic nitrogens is 1. The maximum atomic E-state index is 13.5. The van der Waals surface area contributed by atoms with Gasteiger partial charge in [0.2, 0.25) is 0 Å². The SMILES string of the molecule is COc1cc(C)[nH]c(=O)c1CN1CCc2c(Cl)cc(C(C)C3CN(C)C3)c(Cl)c2C1=O. The molecule has 1 atom stereocenters. The van der Waals surface area contributed by atoms with Gasteiger partial charge in [0.05, 0.1) is 29.8 Å². The molecule has 1 fully saturated rings. The maximum absolute atomic E-state index is 13.5. The van der Waals surface area contributed by atoms with Crippen LogP contribution in [0.5, 0.6) is 5.75 Å². The molecule has 2 aliphatic heterocycles. The van der Waals surface area contributed by atoms with Gasteiger partial charge in [0.25, 0.3) is 11.5 Å². The number of halogens is 2. The fourth-order valence-corrected chi connectivity index (χ4v) is 5.39. The average molecular weight is 464 g/mol. The molecule has 1 N–H and O–H groups in total. The van der Waals surface area contributed by atoms with E-state index in [9.17, 15) is 9.59 Å². The number of aryl methyl sites for hydroxylation is 1. The third kappa shape index (κ3) is 3.97. The smallest absolute Gasteiger partial charge is 0.256 e. The number of fused-ring (bicyclic) bond motifs is 1. The summed E-state index contributed by atoms with van der Waals surface area (Å²) in [4.78, 5) is 32.7. The van der Waals surface area contributed by atoms with E-state index >= 15 is 0 Å². The molecule has 2 aliphatic rings. The number of nitrogens with one attached hydrogen (secondary N) is 1. The lowest BCUT2D eigenvalue weighted by molar-refractivity contribution is 0.0725. The molecule has 0 aliphatic carbocycles. The normalized spacial score (nSPS) is 18.0. The van der Waals surface area contributed by atoms with E-state index in [0.29, 0.717) is 51.5 Å². The molecule has 1 unspecified atom stereocenters. The number of rotatable bonds is 5. The predicted octanol–water partition coefficient (Wildman–Crippen LogP) is 3.86. The van der Waals surface area contributed by atoms with Crippen molar-refractivity contribution in [2.24, 2.45) is 5.92 Å². The zero-order chi connectivity index (χ0) is 22.4. The number of nitrogens with zero attached hydrogens (tertiary/aromatic N) is 2. The third-order valence-electron chi connectivity index (χ3n) is 6.57. The highest BCUT2D eigenvalue weighted by Crippen LogP contribution is 2.41. The first-order chi connectivity index (χ1) is 14.7. The van der Waals surface area contributed by atoms with E-state index in [2.05, 4.69) is 23.9 Å². The van der Waals surface area contributed by atoms with Gasteiger partial charge >= 0.3 is 0 Å². The van der Waals surface area contributed by atoms with Gasteiger partial charge in [-0.25, -0.2) is 0 Å². The van der Waals surface area contributed by atoms with Gasteiger partial charge in [0, 0.05) is 30.4 Å². The van der Waals surface area contributed by atoms with Gasteiger partial charge < -0.3 is 19.5 Å². The Morgan fingerprint density at radius 3 is 2.61 bits per heavy atom. The summed E-state index contributed by atoms with van der Waals surface area (Å²) in [6.45, 7) is 6.55. The molecular formula is C23H27Cl2N3O3. The zero-order valence-electron chi connectivity index (χ0n) is 18.2. The zero-order valence-corrected chi connectivity index (χ0v) is 19.7. The second kappa shape index (κ2) is 8.49. The molecule has 1 aromatic heterocycles. The molecular weight excluding hydrogens is 437 g/mol. The second-order valence-electron chi connectivity index (χ2n) is 8.69. The molecule has 1 amide bonds. The van der Waals surface area contributed by atoms with Crippen molar-refractivity contribution < 1.29 is 9.53 Å². The van der Waals surface area contributed by atoms with Crippen LogP contribution in [0.3, 0.4) is 0 Å². The predicted molar refractivity (Wildman–Crippen MR) is 123 cm³/mol. The number of amides is 1. The molecule has 2 aromatic rings. The van der Waals surface area contributed by atoms with E-state index < -0.39 is 0 Å². The number of methoxy groups -OCH3 is 1. The monoisotopic (exact) mass is 463 g/mol. The van der Waals surface area contributed by atoms with E-state index in [0.717, 1.165) is 24.2 Å². The Labute approximate surface area is 192 Å². The number of aromatic amines is 1. The molecule has 1 aromatic carbocycles. The lowest BCUT2D eigenvalue weighted by Gasteiger charge is -2.41. The first-order valence-electron chi connectivity index (χ1n) is 10.5. The topological polar surface area (TPSA) is 65.6 Å². The molecule has 0 radical (unpaired) electrons. The Hall–Kier alpha value is -2.02. The number of benzene rings is 1. The fraction of sp³-hybridized carbons (Fsp3) is 0.478. The molecule has 166 valence electrons. The van der Waals surface area contributed by atoms with Crippen LogP contribution >= 0.6 is 23.2 Å². The summed E-state index contributed by atoms with van der Waals surface area (Å²) in [5.41, 5.74) is 3.06. The average Bonchev–Trinajstić information content (AvgIpc) is 2.70. The van der Waals surface area contributed by atoms with Gasteiger partial charge in [-0.2, -0.15) is 0 Å². The van der Waals surface area contributed by atoms with Crippen LogP contribution in [-0.4, -0.2) is 54.5 Å². The van der Waals surface area contributed by atoms with Crippen molar-refractivity contribution in [3.8, 4) is 5.75 Å². The van der Waals surface area contributed by atoms with Crippen molar-refractivity contribution in [2.75, 3.05) is 33.8 Å². The first-order valence-corrected chi connectivity index (χ1v) is 11.2. The minimum Gasteiger partial charge on any atom is -0.496 e. The van der Waals surface area contributed by atoms with Crippen molar-refractivity contribution in [3.63, 3.8) is 0 Å². The lowest BCUT2D eigenvalue weighted by Crippen LogP contribution is -2.46. The molecule has 4 rings (SSSR count). The summed E-state index contributed by atoms with van der Waals surface area (Å²) < 4.78 is 5.39. The van der Waals surface area contributed by atoms with E-state index in [1.54, 1.807) is 17.9 Å². The Morgan fingerprint density at radius 1 is 1.26 bits per heavy atom. The van der Waals surface area contributed by atoms with Crippen LogP contribution in [0, 0.1) is 12.8 Å². The van der Waals surface area contributed by atoms with Crippen molar-refractivity contribution in [2.45, 2.75) is 32.7 Å². The number of ether oxygens (including phenoxy) is 1. The second-order valence-corrected chi connectivity index (χ2v) is 9.48. The van der Waals surface area contributed by atoms with Gasteiger partial charge in [-0.3, -0.25) is 9.59 Å². The number of hydrogen-bond donors (Lipinski definition) is 1. The molecule has 0 saturated carbocycles. The van der Waals surface area contributed by atoms with Gasteiger partial charge in [-0.05, 0) is 55.5 Å². The van der Waals surface area contributed by atoms with Crippen LogP contribution in [-0.2, 0) is 13.0 Å². The van der Waals surface area contributed by atoms with Crippen molar-refractivity contribution in [1.29, 1.82) is 0 Å². The van der Waals surface area contributed by atoms with E-state index in [1.807, 2.05) is 6.07 Å². The standard InChI is InChI=1S/C23H27Cl2N3O3/c1-12-7-19(31-4)17(22(29)26-12)11-28-6-5-15-18(24)8-16(21(25)20(15)23(28)30)13(2)14-9-27(3)10-14/h7-8,13-14H,5-6,9-11H2,1-4H3,(H,26,29). The summed E-state index contributed by atoms with van der Waals surface area (Å²) >= 11 is 13.4. The minimum absolute atomic E-state index is 0.151. The number of carbonyl (C=O) groups excluding carboxylic acids is 1. The van der Waals surface area contributed by atoms with Crippen LogP contribution in [0.4, 0.5) is 0 Å². The highest BCUT2D eigenvalue weighted by molar-refractivity contribution is 6.37. The summed E-state index contributed by atoms with van der Waals surface area (Å²) in [6, 6.07) is 3.70. The number of hydrogen-bond acceptors (Lipinski definition) is 4. The van der Waals surface area contributed by atoms with E-state index in [4.69, 9.17) is 27.9 Å². The summed E-state index contributed by atoms with van der Waals surface area (Å²) in [5, 5.41) is 1.08. The van der Waals surface area contributed by atoms with Crippen molar-refractivity contribution in [3.05, 3.63) is 60.5 Å². The summed E-state index contributed by atoms with van der Waals surface area (Å²) in [6.07, 6.45) is 0.590. The Kier molecular flexibility index (Phi) is 6.08. The van der Waals surface area contributed by atoms with Crippen LogP contribution in [0.25, 0.3) is 0 Å². The van der Waals surface area contributed by atoms with E-state index in [1.165, 1.54) is 7.11 Å². The summed E-state index contributed by atoms with van der Waals surface area (Å²) in [7, 11) is 3.61. The Balaban J connectivity index is 1.68. The van der Waals surface area contributed by atoms with Crippen molar-refractivity contribution >= 4 is 29.1 Å². The number of likely N-dealkylation sites (tertiary alicyclic amines) is 1. The molecule has 31 heavy (non-hydrogen) atoms. The molecule has 0 bridgehead atoms. The van der Waals surface area contributed by atoms with Crippen molar-refractivity contribution in [1.82, 2.24) is 14.8 Å². The van der Waals surface area contributed by atoms with Gasteiger partial charge in [0.15, 0.2) is 0 Å². The van der Waals surface area contributed by atoms with Crippen LogP contribution in [0.1, 0.15) is 45.6 Å². The highest BCUT2D eigenvalue weighted by Gasteiger charge is 2.35. The largest absolute Gasteiger partial charge is 0.496 e. The van der Waals surface area contributed by atoms with E-state index in [-0.39, 0.29) is 23.9 Å². The van der Waals surface area contributed by atoms with Gasteiger partial charge in [-0.15, -0.1) is 0 Å². The lowest BCUT2D eigenvalue weighted by atomic mass is 9.81. The first kappa shape index (κ1) is 22.2. The maximum Gasteiger partial charge on any atom is 0.256 e. The quantitative estimate of drug-likeness (QED) is 0.730. The molecule has 0 spiro atoms. The summed E-state index contributed by atoms with van der Waals surface area (Å²) in [5.74, 6) is 0.965. The number of carbonyl (C=O) groups is 1. The molecule has 1 saturated heterocycles. The molecule has 6 nitrogen and oxygen atoms in total. The third-order valence-corrected chi connectivity index (χ3v) is 7.31. The van der Waals surface area contributed by atoms with Gasteiger partial charge in [-0.1, -0.05) is 30.1 Å². The van der Waals surface area contributed by atoms with Crippen LogP contribution < -0.4 is 10.3 Å². The number of H-pyrrole nitrogens is 1. The molecule has 8 heteroatoms. The van der Waals surface area contributed by atoms with Crippen LogP contribution in [0.2, 0.25) is 10.0 Å². The number of pyridine rings is 1. The fourth-order valence-electron chi connectivity index (χ4n) is 4.67. The Bertz CT molecular complexity index is 1090. The van der Waals surface area contributed by atoms with Crippen LogP contribution in [0.15, 0.2) is 16.9 Å².